The molecule has 1 aromatic heterocycles. The van der Waals surface area contributed by atoms with Crippen molar-refractivity contribution in [1.29, 1.82) is 0 Å². The molecule has 5 nitrogen and oxygen atoms in total. The minimum atomic E-state index is -0.563. The van der Waals surface area contributed by atoms with Gasteiger partial charge in [-0.1, -0.05) is 6.07 Å². The van der Waals surface area contributed by atoms with Gasteiger partial charge in [0.1, 0.15) is 5.60 Å². The monoisotopic (exact) mass is 262 g/mol. The van der Waals surface area contributed by atoms with E-state index < -0.39 is 11.7 Å². The number of aromatic nitrogens is 2. The number of rotatable bonds is 1. The minimum absolute atomic E-state index is 0.417. The van der Waals surface area contributed by atoms with Gasteiger partial charge in [0.2, 0.25) is 5.88 Å². The fourth-order valence-corrected chi connectivity index (χ4v) is 1.79. The summed E-state index contributed by atoms with van der Waals surface area (Å²) in [5.74, 6) is 0.417. The maximum absolute atomic E-state index is 12.1. The topological polar surface area (TPSA) is 53.4 Å². The van der Waals surface area contributed by atoms with E-state index in [1.807, 2.05) is 45.9 Å². The van der Waals surface area contributed by atoms with Gasteiger partial charge in [0.25, 0.3) is 0 Å². The van der Waals surface area contributed by atoms with Crippen LogP contribution in [0, 0.1) is 6.92 Å². The highest BCUT2D eigenvalue weighted by Crippen LogP contribution is 2.26. The molecule has 2 aromatic rings. The molecule has 0 radical (unpaired) electrons. The molecule has 0 saturated carbocycles. The molecule has 0 aliphatic heterocycles. The Balaban J connectivity index is 2.54. The van der Waals surface area contributed by atoms with Crippen molar-refractivity contribution in [2.45, 2.75) is 33.3 Å². The normalized spacial score (nSPS) is 11.6. The maximum Gasteiger partial charge on any atom is 0.435 e. The first-order valence-electron chi connectivity index (χ1n) is 6.08. The molecule has 19 heavy (non-hydrogen) atoms. The lowest BCUT2D eigenvalue weighted by Crippen LogP contribution is -2.27. The third-order valence-electron chi connectivity index (χ3n) is 2.56. The number of carbonyl (C=O) groups is 1. The molecule has 0 fully saturated rings. The number of nitrogens with zero attached hydrogens (tertiary/aromatic N) is 2. The van der Waals surface area contributed by atoms with E-state index in [0.29, 0.717) is 11.4 Å². The predicted octanol–water partition coefficient (Wildman–Crippen LogP) is 3.14. The van der Waals surface area contributed by atoms with Crippen molar-refractivity contribution in [3.63, 3.8) is 0 Å². The maximum atomic E-state index is 12.1. The van der Waals surface area contributed by atoms with E-state index in [4.69, 9.17) is 9.47 Å². The quantitative estimate of drug-likeness (QED) is 0.792. The molecular formula is C14H18N2O3. The van der Waals surface area contributed by atoms with Crippen LogP contribution in [0.4, 0.5) is 4.79 Å². The van der Waals surface area contributed by atoms with Crippen LogP contribution in [0.15, 0.2) is 18.2 Å². The zero-order valence-electron chi connectivity index (χ0n) is 11.9. The minimum Gasteiger partial charge on any atom is -0.479 e. The fourth-order valence-electron chi connectivity index (χ4n) is 1.79. The van der Waals surface area contributed by atoms with Gasteiger partial charge < -0.3 is 9.47 Å². The Morgan fingerprint density at radius 1 is 1.32 bits per heavy atom. The van der Waals surface area contributed by atoms with Crippen LogP contribution in [-0.2, 0) is 4.74 Å². The molecule has 0 spiro atoms. The number of fused-ring (bicyclic) bond motifs is 1. The van der Waals surface area contributed by atoms with Crippen molar-refractivity contribution in [2.24, 2.45) is 0 Å². The molecule has 0 atom stereocenters. The molecular weight excluding hydrogens is 244 g/mol. The summed E-state index contributed by atoms with van der Waals surface area (Å²) in [6.45, 7) is 7.41. The molecule has 0 amide bonds. The van der Waals surface area contributed by atoms with E-state index >= 15 is 0 Å². The number of carbonyl (C=O) groups excluding carboxylic acids is 1. The second-order valence-electron chi connectivity index (χ2n) is 5.42. The van der Waals surface area contributed by atoms with Crippen LogP contribution in [0.5, 0.6) is 5.88 Å². The Kier molecular flexibility index (Phi) is 3.22. The third-order valence-corrected chi connectivity index (χ3v) is 2.56. The molecule has 0 aliphatic rings. The second kappa shape index (κ2) is 4.57. The average molecular weight is 262 g/mol. The number of benzene rings is 1. The summed E-state index contributed by atoms with van der Waals surface area (Å²) in [5.41, 5.74) is 1.16. The average Bonchev–Trinajstić information content (AvgIpc) is 2.64. The summed E-state index contributed by atoms with van der Waals surface area (Å²) in [7, 11) is 1.53. The lowest BCUT2D eigenvalue weighted by molar-refractivity contribution is 0.0520. The van der Waals surface area contributed by atoms with E-state index in [9.17, 15) is 4.79 Å². The van der Waals surface area contributed by atoms with Crippen LogP contribution in [0.2, 0.25) is 0 Å². The van der Waals surface area contributed by atoms with Gasteiger partial charge >= 0.3 is 6.09 Å². The highest BCUT2D eigenvalue weighted by atomic mass is 16.6. The number of methoxy groups -OCH3 is 1. The van der Waals surface area contributed by atoms with E-state index in [1.165, 1.54) is 11.8 Å². The van der Waals surface area contributed by atoms with Crippen LogP contribution in [-0.4, -0.2) is 28.6 Å². The summed E-state index contributed by atoms with van der Waals surface area (Å²) in [6.07, 6.45) is -0.508. The summed E-state index contributed by atoms with van der Waals surface area (Å²) < 4.78 is 11.8. The van der Waals surface area contributed by atoms with Crippen LogP contribution < -0.4 is 4.74 Å². The third kappa shape index (κ3) is 2.70. The first kappa shape index (κ1) is 13.4. The van der Waals surface area contributed by atoms with E-state index in [1.54, 1.807) is 0 Å². The molecule has 1 heterocycles. The number of ether oxygens (including phenoxy) is 2. The second-order valence-corrected chi connectivity index (χ2v) is 5.42. The smallest absolute Gasteiger partial charge is 0.435 e. The molecule has 102 valence electrons. The first-order chi connectivity index (χ1) is 8.81. The predicted molar refractivity (Wildman–Crippen MR) is 72.7 cm³/mol. The Labute approximate surface area is 112 Å². The zero-order valence-corrected chi connectivity index (χ0v) is 11.9. The summed E-state index contributed by atoms with van der Waals surface area (Å²) in [5, 5.41) is 4.94. The van der Waals surface area contributed by atoms with Crippen molar-refractivity contribution in [3.8, 4) is 5.88 Å². The Hall–Kier alpha value is -2.04. The van der Waals surface area contributed by atoms with Crippen LogP contribution in [0.1, 0.15) is 26.3 Å². The molecule has 0 N–H and O–H groups in total. The van der Waals surface area contributed by atoms with E-state index in [0.717, 1.165) is 10.9 Å². The van der Waals surface area contributed by atoms with Crippen LogP contribution in [0.25, 0.3) is 10.9 Å². The Morgan fingerprint density at radius 3 is 2.58 bits per heavy atom. The molecule has 2 rings (SSSR count). The van der Waals surface area contributed by atoms with Gasteiger partial charge in [-0.15, -0.1) is 5.10 Å². The molecule has 0 unspecified atom stereocenters. The standard InChI is InChI=1S/C14H18N2O3/c1-9-6-7-10-11(8-9)16(15-12(10)18-5)13(17)19-14(2,3)4/h6-8H,1-5H3. The van der Waals surface area contributed by atoms with Crippen molar-refractivity contribution >= 4 is 17.0 Å². The number of hydrogen-bond acceptors (Lipinski definition) is 4. The lowest BCUT2D eigenvalue weighted by atomic mass is 10.2. The fraction of sp³-hybridized carbons (Fsp3) is 0.429. The molecule has 0 bridgehead atoms. The van der Waals surface area contributed by atoms with Gasteiger partial charge in [0.05, 0.1) is 18.0 Å². The Morgan fingerprint density at radius 2 is 2.00 bits per heavy atom. The van der Waals surface area contributed by atoms with Crippen molar-refractivity contribution in [2.75, 3.05) is 7.11 Å². The molecule has 0 aliphatic carbocycles. The highest BCUT2D eigenvalue weighted by Gasteiger charge is 2.22. The summed E-state index contributed by atoms with van der Waals surface area (Å²) in [4.78, 5) is 12.1. The van der Waals surface area contributed by atoms with Gasteiger partial charge in [-0.25, -0.2) is 4.79 Å². The van der Waals surface area contributed by atoms with Crippen molar-refractivity contribution < 1.29 is 14.3 Å². The van der Waals surface area contributed by atoms with Gasteiger partial charge in [-0.3, -0.25) is 0 Å². The van der Waals surface area contributed by atoms with Gasteiger partial charge in [-0.2, -0.15) is 4.68 Å². The largest absolute Gasteiger partial charge is 0.479 e. The van der Waals surface area contributed by atoms with E-state index in [-0.39, 0.29) is 0 Å². The van der Waals surface area contributed by atoms with E-state index in [2.05, 4.69) is 5.10 Å². The molecule has 1 aromatic carbocycles. The molecule has 5 heteroatoms. The lowest BCUT2D eigenvalue weighted by Gasteiger charge is -2.19. The van der Waals surface area contributed by atoms with Crippen LogP contribution in [0.3, 0.4) is 0 Å². The summed E-state index contributed by atoms with van der Waals surface area (Å²) in [6, 6.07) is 5.72. The SMILES string of the molecule is COc1nn(C(=O)OC(C)(C)C)c2cc(C)ccc12. The van der Waals surface area contributed by atoms with Crippen molar-refractivity contribution in [1.82, 2.24) is 9.78 Å². The number of aryl methyl sites for hydroxylation is 1. The highest BCUT2D eigenvalue weighted by molar-refractivity contribution is 5.92. The molecule has 0 saturated heterocycles. The van der Waals surface area contributed by atoms with Gasteiger partial charge in [0.15, 0.2) is 0 Å². The van der Waals surface area contributed by atoms with Gasteiger partial charge in [-0.05, 0) is 45.4 Å². The van der Waals surface area contributed by atoms with Crippen LogP contribution >= 0.6 is 0 Å². The van der Waals surface area contributed by atoms with Crippen molar-refractivity contribution in [3.05, 3.63) is 23.8 Å². The number of hydrogen-bond donors (Lipinski definition) is 0. The zero-order chi connectivity index (χ0) is 14.2. The Bertz CT molecular complexity index is 623. The first-order valence-corrected chi connectivity index (χ1v) is 6.08. The van der Waals surface area contributed by atoms with Gasteiger partial charge in [0, 0.05) is 0 Å². The summed E-state index contributed by atoms with van der Waals surface area (Å²) >= 11 is 0.